The van der Waals surface area contributed by atoms with E-state index in [1.54, 1.807) is 12.1 Å². The van der Waals surface area contributed by atoms with Gasteiger partial charge in [0, 0.05) is 23.2 Å². The van der Waals surface area contributed by atoms with Crippen LogP contribution < -0.4 is 15.5 Å². The number of alkyl carbamates (subject to hydrolysis) is 1. The van der Waals surface area contributed by atoms with Crippen molar-refractivity contribution in [1.29, 1.82) is 0 Å². The van der Waals surface area contributed by atoms with Crippen molar-refractivity contribution in [3.8, 4) is 11.5 Å². The first kappa shape index (κ1) is 21.2. The normalized spacial score (nSPS) is 10.8. The second-order valence-corrected chi connectivity index (χ2v) is 7.21. The number of phenolic OH excluding ortho intramolecular Hbond substituents is 1. The lowest BCUT2D eigenvalue weighted by atomic mass is 10.1. The molecule has 0 fully saturated rings. The number of halogens is 1. The summed E-state index contributed by atoms with van der Waals surface area (Å²) in [6, 6.07) is 16.0. The van der Waals surface area contributed by atoms with Gasteiger partial charge in [-0.1, -0.05) is 41.9 Å². The second-order valence-electron chi connectivity index (χ2n) is 6.78. The molecule has 0 atom stereocenters. The zero-order valence-corrected chi connectivity index (χ0v) is 17.2. The highest BCUT2D eigenvalue weighted by Gasteiger charge is 2.16. The molecule has 0 aliphatic rings. The molecule has 1 amide bonds. The van der Waals surface area contributed by atoms with Crippen LogP contribution in [0.15, 0.2) is 69.9 Å². The first-order valence-corrected chi connectivity index (χ1v) is 9.83. The summed E-state index contributed by atoms with van der Waals surface area (Å²) in [7, 11) is 0. The molecular weight excluding hydrogens is 438 g/mol. The Morgan fingerprint density at radius 3 is 2.59 bits per heavy atom. The zero-order valence-electron chi connectivity index (χ0n) is 16.5. The maximum atomic E-state index is 12.7. The highest BCUT2D eigenvalue weighted by molar-refractivity contribution is 6.31. The fourth-order valence-electron chi connectivity index (χ4n) is 3.05. The van der Waals surface area contributed by atoms with Crippen molar-refractivity contribution < 1.29 is 28.6 Å². The number of phenols is 1. The van der Waals surface area contributed by atoms with Crippen LogP contribution >= 0.6 is 11.6 Å². The number of esters is 1. The number of nitrogens with one attached hydrogen (secondary N) is 1. The number of aromatic hydroxyl groups is 1. The van der Waals surface area contributed by atoms with E-state index < -0.39 is 29.8 Å². The van der Waals surface area contributed by atoms with Crippen molar-refractivity contribution in [2.75, 3.05) is 6.54 Å². The van der Waals surface area contributed by atoms with Gasteiger partial charge in [-0.15, -0.1) is 0 Å². The van der Waals surface area contributed by atoms with Crippen LogP contribution in [0.5, 0.6) is 11.5 Å². The predicted octanol–water partition coefficient (Wildman–Crippen LogP) is 4.14. The summed E-state index contributed by atoms with van der Waals surface area (Å²) in [5.41, 5.74) is 0.590. The number of hydrogen-bond acceptors (Lipinski definition) is 7. The van der Waals surface area contributed by atoms with Crippen LogP contribution in [0.4, 0.5) is 4.79 Å². The van der Waals surface area contributed by atoms with E-state index in [0.29, 0.717) is 5.02 Å². The highest BCUT2D eigenvalue weighted by atomic mass is 35.5. The maximum absolute atomic E-state index is 12.7. The third-order valence-corrected chi connectivity index (χ3v) is 4.75. The summed E-state index contributed by atoms with van der Waals surface area (Å²) in [5.74, 6) is -1.29. The first-order chi connectivity index (χ1) is 15.4. The molecule has 162 valence electrons. The standard InChI is InChI=1S/C23H16ClNO7/c24-14-6-7-16-18(8-14)32-19-10-15(9-17(26)21(19)22(16)28)31-20(27)11-25-23(29)30-12-13-4-2-1-3-5-13/h1-10,26H,11-12H2,(H,25,29). The van der Waals surface area contributed by atoms with Crippen LogP contribution in [0.2, 0.25) is 5.02 Å². The van der Waals surface area contributed by atoms with Gasteiger partial charge in [0.15, 0.2) is 0 Å². The summed E-state index contributed by atoms with van der Waals surface area (Å²) in [6.07, 6.45) is -0.790. The Morgan fingerprint density at radius 1 is 1.03 bits per heavy atom. The average Bonchev–Trinajstić information content (AvgIpc) is 2.76. The minimum absolute atomic E-state index is 0.0165. The van der Waals surface area contributed by atoms with Gasteiger partial charge in [0.2, 0.25) is 5.43 Å². The molecule has 9 heteroatoms. The molecule has 2 N–H and O–H groups in total. The van der Waals surface area contributed by atoms with Gasteiger partial charge in [0.1, 0.15) is 41.2 Å². The van der Waals surface area contributed by atoms with Crippen molar-refractivity contribution in [2.24, 2.45) is 0 Å². The molecule has 3 aromatic carbocycles. The van der Waals surface area contributed by atoms with Crippen molar-refractivity contribution in [2.45, 2.75) is 6.61 Å². The van der Waals surface area contributed by atoms with Crippen LogP contribution in [-0.4, -0.2) is 23.7 Å². The van der Waals surface area contributed by atoms with Gasteiger partial charge >= 0.3 is 12.1 Å². The number of rotatable bonds is 5. The number of amides is 1. The lowest BCUT2D eigenvalue weighted by Crippen LogP contribution is -2.32. The lowest BCUT2D eigenvalue weighted by molar-refractivity contribution is -0.133. The van der Waals surface area contributed by atoms with Crippen LogP contribution in [0.1, 0.15) is 5.56 Å². The number of carbonyl (C=O) groups excluding carboxylic acids is 2. The number of ether oxygens (including phenoxy) is 2. The SMILES string of the molecule is O=C(CNC(=O)OCc1ccccc1)Oc1cc(O)c2c(=O)c3ccc(Cl)cc3oc2c1. The minimum atomic E-state index is -0.813. The molecule has 0 aliphatic carbocycles. The number of benzene rings is 3. The van der Waals surface area contributed by atoms with Crippen LogP contribution in [-0.2, 0) is 16.1 Å². The monoisotopic (exact) mass is 453 g/mol. The quantitative estimate of drug-likeness (QED) is 0.265. The molecule has 0 unspecified atom stereocenters. The van der Waals surface area contributed by atoms with Crippen molar-refractivity contribution >= 4 is 45.6 Å². The van der Waals surface area contributed by atoms with Gasteiger partial charge in [-0.05, 0) is 17.7 Å². The molecule has 4 rings (SSSR count). The smallest absolute Gasteiger partial charge is 0.407 e. The fraction of sp³-hybridized carbons (Fsp3) is 0.0870. The Labute approximate surface area is 185 Å². The second kappa shape index (κ2) is 8.99. The molecule has 32 heavy (non-hydrogen) atoms. The van der Waals surface area contributed by atoms with E-state index in [9.17, 15) is 19.5 Å². The Hall–Kier alpha value is -4.04. The molecule has 1 aromatic heterocycles. The van der Waals surface area contributed by atoms with E-state index in [1.807, 2.05) is 18.2 Å². The molecule has 0 spiro atoms. The summed E-state index contributed by atoms with van der Waals surface area (Å²) in [6.45, 7) is -0.416. The molecule has 1 heterocycles. The molecule has 0 saturated heterocycles. The van der Waals surface area contributed by atoms with Crippen LogP contribution in [0.3, 0.4) is 0 Å². The Bertz CT molecular complexity index is 1380. The molecule has 4 aromatic rings. The third kappa shape index (κ3) is 4.65. The Morgan fingerprint density at radius 2 is 1.81 bits per heavy atom. The minimum Gasteiger partial charge on any atom is -0.507 e. The van der Waals surface area contributed by atoms with Crippen LogP contribution in [0, 0.1) is 0 Å². The number of fused-ring (bicyclic) bond motifs is 2. The topological polar surface area (TPSA) is 115 Å². The van der Waals surface area contributed by atoms with Crippen molar-refractivity contribution in [1.82, 2.24) is 5.32 Å². The third-order valence-electron chi connectivity index (χ3n) is 4.51. The van der Waals surface area contributed by atoms with Gasteiger partial charge < -0.3 is 24.3 Å². The summed E-state index contributed by atoms with van der Waals surface area (Å²) in [4.78, 5) is 36.5. The fourth-order valence-corrected chi connectivity index (χ4v) is 3.21. The predicted molar refractivity (Wildman–Crippen MR) is 117 cm³/mol. The number of carbonyl (C=O) groups is 2. The maximum Gasteiger partial charge on any atom is 0.407 e. The Balaban J connectivity index is 1.44. The molecule has 0 radical (unpaired) electrons. The van der Waals surface area contributed by atoms with E-state index in [4.69, 9.17) is 25.5 Å². The van der Waals surface area contributed by atoms with Crippen molar-refractivity contribution in [3.05, 3.63) is 81.5 Å². The van der Waals surface area contributed by atoms with Gasteiger partial charge in [-0.25, -0.2) is 9.59 Å². The average molecular weight is 454 g/mol. The zero-order chi connectivity index (χ0) is 22.7. The molecule has 0 aliphatic heterocycles. The van der Waals surface area contributed by atoms with Gasteiger partial charge in [0.05, 0.1) is 5.39 Å². The van der Waals surface area contributed by atoms with Crippen molar-refractivity contribution in [3.63, 3.8) is 0 Å². The van der Waals surface area contributed by atoms with E-state index in [-0.39, 0.29) is 34.3 Å². The Kier molecular flexibility index (Phi) is 5.96. The summed E-state index contributed by atoms with van der Waals surface area (Å²) in [5, 5.41) is 13.1. The molecular formula is C23H16ClNO7. The van der Waals surface area contributed by atoms with E-state index in [2.05, 4.69) is 5.32 Å². The van der Waals surface area contributed by atoms with E-state index in [0.717, 1.165) is 11.6 Å². The first-order valence-electron chi connectivity index (χ1n) is 9.45. The largest absolute Gasteiger partial charge is 0.507 e. The molecule has 8 nitrogen and oxygen atoms in total. The molecule has 0 saturated carbocycles. The number of hydrogen-bond donors (Lipinski definition) is 2. The summed E-state index contributed by atoms with van der Waals surface area (Å²) >= 11 is 5.95. The summed E-state index contributed by atoms with van der Waals surface area (Å²) < 4.78 is 15.8. The lowest BCUT2D eigenvalue weighted by Gasteiger charge is -2.09. The molecule has 0 bridgehead atoms. The van der Waals surface area contributed by atoms with Gasteiger partial charge in [-0.2, -0.15) is 0 Å². The van der Waals surface area contributed by atoms with Crippen LogP contribution in [0.25, 0.3) is 21.9 Å². The van der Waals surface area contributed by atoms with E-state index >= 15 is 0 Å². The highest BCUT2D eigenvalue weighted by Crippen LogP contribution is 2.31. The van der Waals surface area contributed by atoms with E-state index in [1.165, 1.54) is 24.3 Å². The van der Waals surface area contributed by atoms with Gasteiger partial charge in [0.25, 0.3) is 0 Å². The van der Waals surface area contributed by atoms with Gasteiger partial charge in [-0.3, -0.25) is 4.79 Å².